The molecule has 2 heterocycles. The number of nitrogens with two attached hydrogens (primary N) is 1. The van der Waals surface area contributed by atoms with Crippen molar-refractivity contribution in [2.45, 2.75) is 24.3 Å². The fraction of sp³-hybridized carbons (Fsp3) is 0.600. The van der Waals surface area contributed by atoms with Gasteiger partial charge < -0.3 is 5.11 Å². The molecular weight excluding hydrogens is 270 g/mol. The van der Waals surface area contributed by atoms with Gasteiger partial charge in [0.1, 0.15) is 4.90 Å². The van der Waals surface area contributed by atoms with Crippen molar-refractivity contribution in [3.05, 3.63) is 12.4 Å². The van der Waals surface area contributed by atoms with Gasteiger partial charge in [0, 0.05) is 13.1 Å². The minimum Gasteiger partial charge on any atom is -0.391 e. The van der Waals surface area contributed by atoms with E-state index in [0.29, 0.717) is 13.0 Å². The summed E-state index contributed by atoms with van der Waals surface area (Å²) in [4.78, 5) is 7.55. The lowest BCUT2D eigenvalue weighted by Gasteiger charge is -2.33. The van der Waals surface area contributed by atoms with E-state index in [-0.39, 0.29) is 23.3 Å². The van der Waals surface area contributed by atoms with E-state index < -0.39 is 16.1 Å². The van der Waals surface area contributed by atoms with Gasteiger partial charge in [-0.15, -0.1) is 0 Å². The number of β-amino-alcohol motifs (C(OH)–C–C–N with tert-alkyl or cyclic N) is 1. The van der Waals surface area contributed by atoms with E-state index in [2.05, 4.69) is 15.4 Å². The van der Waals surface area contributed by atoms with E-state index in [9.17, 15) is 13.5 Å². The largest absolute Gasteiger partial charge is 0.391 e. The maximum atomic E-state index is 12.3. The molecule has 1 aliphatic rings. The summed E-state index contributed by atoms with van der Waals surface area (Å²) in [5.41, 5.74) is 2.23. The number of aliphatic hydroxyl groups is 1. The standard InChI is InChI=1S/C10H17N5O3S/c1-7-2-3-15(6-9(7)16)19(17,18)8-4-12-10(14-11)13-5-8/h4-5,7,9,16H,2-3,6,11H2,1H3,(H,12,13,14). The molecule has 0 bridgehead atoms. The Labute approximate surface area is 111 Å². The predicted octanol–water partition coefficient (Wildman–Crippen LogP) is -0.846. The molecule has 106 valence electrons. The van der Waals surface area contributed by atoms with Crippen LogP contribution in [-0.2, 0) is 10.0 Å². The summed E-state index contributed by atoms with van der Waals surface area (Å²) in [5.74, 6) is 5.37. The maximum Gasteiger partial charge on any atom is 0.246 e. The van der Waals surface area contributed by atoms with Gasteiger partial charge in [-0.2, -0.15) is 4.31 Å². The molecule has 1 aromatic rings. The molecule has 1 fully saturated rings. The first kappa shape index (κ1) is 14.1. The fourth-order valence-corrected chi connectivity index (χ4v) is 3.28. The lowest BCUT2D eigenvalue weighted by atomic mass is 9.98. The fourth-order valence-electron chi connectivity index (χ4n) is 1.91. The zero-order valence-electron chi connectivity index (χ0n) is 10.5. The molecule has 8 nitrogen and oxygen atoms in total. The van der Waals surface area contributed by atoms with E-state index in [0.717, 1.165) is 0 Å². The molecule has 9 heteroatoms. The maximum absolute atomic E-state index is 12.3. The van der Waals surface area contributed by atoms with E-state index >= 15 is 0 Å². The van der Waals surface area contributed by atoms with Crippen LogP contribution in [0.2, 0.25) is 0 Å². The van der Waals surface area contributed by atoms with Crippen molar-refractivity contribution in [3.63, 3.8) is 0 Å². The number of aromatic nitrogens is 2. The molecule has 4 N–H and O–H groups in total. The number of anilines is 1. The number of sulfonamides is 1. The monoisotopic (exact) mass is 287 g/mol. The summed E-state index contributed by atoms with van der Waals surface area (Å²) in [5, 5.41) is 9.78. The summed E-state index contributed by atoms with van der Waals surface area (Å²) in [7, 11) is -3.66. The first-order valence-electron chi connectivity index (χ1n) is 5.92. The quantitative estimate of drug-likeness (QED) is 0.489. The summed E-state index contributed by atoms with van der Waals surface area (Å²) >= 11 is 0. The second-order valence-corrected chi connectivity index (χ2v) is 6.52. The first-order valence-corrected chi connectivity index (χ1v) is 7.36. The van der Waals surface area contributed by atoms with Gasteiger partial charge in [-0.25, -0.2) is 24.2 Å². The molecule has 19 heavy (non-hydrogen) atoms. The third-order valence-corrected chi connectivity index (χ3v) is 5.09. The Hall–Kier alpha value is -1.29. The Kier molecular flexibility index (Phi) is 3.99. The Morgan fingerprint density at radius 3 is 2.63 bits per heavy atom. The van der Waals surface area contributed by atoms with Crippen molar-refractivity contribution in [2.24, 2.45) is 11.8 Å². The molecule has 2 unspecified atom stereocenters. The van der Waals surface area contributed by atoms with Crippen molar-refractivity contribution >= 4 is 16.0 Å². The first-order chi connectivity index (χ1) is 8.95. The number of piperidine rings is 1. The molecular formula is C10H17N5O3S. The minimum absolute atomic E-state index is 0.00625. The molecule has 1 saturated heterocycles. The van der Waals surface area contributed by atoms with E-state index in [1.54, 1.807) is 0 Å². The number of aliphatic hydroxyl groups excluding tert-OH is 1. The van der Waals surface area contributed by atoms with E-state index in [1.165, 1.54) is 16.7 Å². The van der Waals surface area contributed by atoms with Crippen molar-refractivity contribution in [2.75, 3.05) is 18.5 Å². The zero-order valence-corrected chi connectivity index (χ0v) is 11.3. The molecule has 0 amide bonds. The van der Waals surface area contributed by atoms with Gasteiger partial charge in [0.25, 0.3) is 0 Å². The number of nitrogens with one attached hydrogen (secondary N) is 1. The average Bonchev–Trinajstić information content (AvgIpc) is 2.41. The van der Waals surface area contributed by atoms with Crippen LogP contribution < -0.4 is 11.3 Å². The number of nitrogen functional groups attached to an aromatic ring is 1. The number of nitrogens with zero attached hydrogens (tertiary/aromatic N) is 3. The summed E-state index contributed by atoms with van der Waals surface area (Å²) in [6.07, 6.45) is 2.38. The molecule has 0 radical (unpaired) electrons. The molecule has 0 aliphatic carbocycles. The predicted molar refractivity (Wildman–Crippen MR) is 68.4 cm³/mol. The highest BCUT2D eigenvalue weighted by Gasteiger charge is 2.33. The summed E-state index contributed by atoms with van der Waals surface area (Å²) in [6, 6.07) is 0. The van der Waals surface area contributed by atoms with Crippen molar-refractivity contribution in [3.8, 4) is 0 Å². The van der Waals surface area contributed by atoms with Crippen LogP contribution in [0.3, 0.4) is 0 Å². The third kappa shape index (κ3) is 2.84. The van der Waals surface area contributed by atoms with E-state index in [1.807, 2.05) is 6.92 Å². The van der Waals surface area contributed by atoms with Crippen LogP contribution >= 0.6 is 0 Å². The van der Waals surface area contributed by atoms with Gasteiger partial charge in [-0.3, -0.25) is 5.43 Å². The second-order valence-electron chi connectivity index (χ2n) is 4.58. The van der Waals surface area contributed by atoms with Crippen LogP contribution in [0, 0.1) is 5.92 Å². The Morgan fingerprint density at radius 1 is 1.47 bits per heavy atom. The van der Waals surface area contributed by atoms with Crippen LogP contribution in [0.15, 0.2) is 17.3 Å². The highest BCUT2D eigenvalue weighted by molar-refractivity contribution is 7.89. The van der Waals surface area contributed by atoms with Gasteiger partial charge in [-0.05, 0) is 12.3 Å². The van der Waals surface area contributed by atoms with Crippen LogP contribution in [0.5, 0.6) is 0 Å². The zero-order chi connectivity index (χ0) is 14.0. The molecule has 2 rings (SSSR count). The highest BCUT2D eigenvalue weighted by atomic mass is 32.2. The third-order valence-electron chi connectivity index (χ3n) is 3.28. The van der Waals surface area contributed by atoms with Crippen LogP contribution in [0.1, 0.15) is 13.3 Å². The topological polar surface area (TPSA) is 121 Å². The Bertz CT molecular complexity index is 533. The molecule has 2 atom stereocenters. The highest BCUT2D eigenvalue weighted by Crippen LogP contribution is 2.23. The van der Waals surface area contributed by atoms with Gasteiger partial charge in [-0.1, -0.05) is 6.92 Å². The molecule has 0 saturated carbocycles. The lowest BCUT2D eigenvalue weighted by molar-refractivity contribution is 0.0605. The van der Waals surface area contributed by atoms with E-state index in [4.69, 9.17) is 5.84 Å². The van der Waals surface area contributed by atoms with Crippen molar-refractivity contribution in [1.82, 2.24) is 14.3 Å². The summed E-state index contributed by atoms with van der Waals surface area (Å²) < 4.78 is 25.9. The molecule has 1 aromatic heterocycles. The normalized spacial score (nSPS) is 25.2. The number of hydrazine groups is 1. The molecule has 0 aromatic carbocycles. The minimum atomic E-state index is -3.66. The van der Waals surface area contributed by atoms with Gasteiger partial charge in [0.15, 0.2) is 0 Å². The van der Waals surface area contributed by atoms with Crippen molar-refractivity contribution < 1.29 is 13.5 Å². The smallest absolute Gasteiger partial charge is 0.246 e. The van der Waals surface area contributed by atoms with Crippen molar-refractivity contribution in [1.29, 1.82) is 0 Å². The van der Waals surface area contributed by atoms with Crippen LogP contribution in [0.25, 0.3) is 0 Å². The Balaban J connectivity index is 2.21. The van der Waals surface area contributed by atoms with Gasteiger partial charge in [0.2, 0.25) is 16.0 Å². The second kappa shape index (κ2) is 5.37. The number of hydrogen-bond donors (Lipinski definition) is 3. The summed E-state index contributed by atoms with van der Waals surface area (Å²) in [6.45, 7) is 2.39. The van der Waals surface area contributed by atoms with Crippen LogP contribution in [-0.4, -0.2) is 47.0 Å². The molecule has 1 aliphatic heterocycles. The molecule has 0 spiro atoms. The SMILES string of the molecule is CC1CCN(S(=O)(=O)c2cnc(NN)nc2)CC1O. The average molecular weight is 287 g/mol. The van der Waals surface area contributed by atoms with Gasteiger partial charge in [0.05, 0.1) is 18.5 Å². The Morgan fingerprint density at radius 2 is 2.11 bits per heavy atom. The lowest BCUT2D eigenvalue weighted by Crippen LogP contribution is -2.45. The number of hydrogen-bond acceptors (Lipinski definition) is 7. The van der Waals surface area contributed by atoms with Crippen LogP contribution in [0.4, 0.5) is 5.95 Å². The number of rotatable bonds is 3. The van der Waals surface area contributed by atoms with Gasteiger partial charge >= 0.3 is 0 Å².